The van der Waals surface area contributed by atoms with Crippen LogP contribution in [-0.4, -0.2) is 280 Å². The summed E-state index contributed by atoms with van der Waals surface area (Å²) in [4.78, 5) is 82.6. The van der Waals surface area contributed by atoms with Crippen molar-refractivity contribution in [3.63, 3.8) is 0 Å². The molecule has 6 heterocycles. The van der Waals surface area contributed by atoms with Crippen molar-refractivity contribution in [2.24, 2.45) is 41.4 Å². The van der Waals surface area contributed by atoms with Gasteiger partial charge in [0.05, 0.1) is 109 Å². The van der Waals surface area contributed by atoms with Crippen molar-refractivity contribution in [2.45, 2.75) is 170 Å². The van der Waals surface area contributed by atoms with Crippen molar-refractivity contribution in [2.75, 3.05) is 61.0 Å². The highest BCUT2D eigenvalue weighted by molar-refractivity contribution is 5.92. The molecule has 0 aromatic carbocycles. The summed E-state index contributed by atoms with van der Waals surface area (Å²) in [6, 6.07) is 0. The van der Waals surface area contributed by atoms with Crippen LogP contribution in [0.3, 0.4) is 0 Å². The van der Waals surface area contributed by atoms with Crippen molar-refractivity contribution >= 4 is 35.8 Å². The van der Waals surface area contributed by atoms with E-state index in [1.807, 2.05) is 0 Å². The van der Waals surface area contributed by atoms with Crippen LogP contribution in [0.15, 0.2) is 70.5 Å². The van der Waals surface area contributed by atoms with Crippen molar-refractivity contribution in [3.05, 3.63) is 70.5 Å². The molecule has 4 fully saturated rings. The molecule has 534 valence electrons. The number of methoxy groups -OCH3 is 3. The molecule has 1 aliphatic carbocycles. The molecule has 7 aliphatic rings. The van der Waals surface area contributed by atoms with Crippen LogP contribution in [0.4, 0.5) is 0 Å². The molecule has 34 heteroatoms. The molecule has 3 saturated heterocycles. The van der Waals surface area contributed by atoms with Gasteiger partial charge in [-0.15, -0.1) is 0 Å². The fraction of sp³-hybridized carbons (Fsp3) is 0.705. The SMILES string of the molecule is C/C=C1/[C@H](O[C@@H]2O[C@H](CO)[C@@H](O)[C@H](O)[C@H]2O)OC=C(C(=O)OC)[C@H]1CC(=O)OC[C@@H](CO)[C@@H]1C[C@@H](OC(=O)C[C@@H]2C(C(=O)OC)=CO[C@@H](O[C@@H]3O[C@H](CO)[C@@H](O)[C@H](O)[C@H]3O)/C2=C/C)[C@H](C)[C@H]1COC(=O)C[C@@H]1C(C(=O)OC)=CO[C@@H](O[C@@H]2O[C@H](CO)[C@@H](O)[C@H](O)[C@H]2O)/C1=C/C. The Hall–Kier alpha value is -6.10. The fourth-order valence-corrected chi connectivity index (χ4v) is 12.6. The van der Waals surface area contributed by atoms with Gasteiger partial charge in [0.25, 0.3) is 0 Å². The highest BCUT2D eigenvalue weighted by atomic mass is 16.8. The molecule has 0 aromatic heterocycles. The van der Waals surface area contributed by atoms with Gasteiger partial charge in [-0.2, -0.15) is 0 Å². The molecule has 7 rings (SSSR count). The van der Waals surface area contributed by atoms with E-state index in [0.29, 0.717) is 0 Å². The molecule has 0 aromatic rings. The Labute approximate surface area is 543 Å². The van der Waals surface area contributed by atoms with E-state index in [9.17, 15) is 95.2 Å². The summed E-state index contributed by atoms with van der Waals surface area (Å²) in [6.07, 6.45) is -26.1. The van der Waals surface area contributed by atoms with Crippen LogP contribution >= 0.6 is 0 Å². The number of esters is 6. The second kappa shape index (κ2) is 34.4. The van der Waals surface area contributed by atoms with Gasteiger partial charge < -0.3 is 137 Å². The third-order valence-corrected chi connectivity index (χ3v) is 18.1. The zero-order valence-corrected chi connectivity index (χ0v) is 52.9. The van der Waals surface area contributed by atoms with Crippen LogP contribution in [0.1, 0.15) is 53.4 Å². The number of aliphatic hydroxyl groups is 13. The highest BCUT2D eigenvalue weighted by Crippen LogP contribution is 2.46. The maximum atomic E-state index is 14.4. The van der Waals surface area contributed by atoms with Crippen LogP contribution < -0.4 is 0 Å². The Kier molecular flexibility index (Phi) is 27.6. The molecule has 0 bridgehead atoms. The van der Waals surface area contributed by atoms with E-state index in [-0.39, 0.29) is 39.9 Å². The summed E-state index contributed by atoms with van der Waals surface area (Å²) >= 11 is 0. The number of allylic oxidation sites excluding steroid dienone is 3. The molecular weight excluding hydrogens is 1280 g/mol. The maximum absolute atomic E-state index is 14.4. The lowest BCUT2D eigenvalue weighted by atomic mass is 9.82. The smallest absolute Gasteiger partial charge is 0.337 e. The molecule has 1 saturated carbocycles. The minimum absolute atomic E-state index is 0.0957. The number of carbonyl (C=O) groups is 6. The first-order chi connectivity index (χ1) is 45.3. The Balaban J connectivity index is 1.13. The van der Waals surface area contributed by atoms with Gasteiger partial charge in [0.2, 0.25) is 18.9 Å². The lowest BCUT2D eigenvalue weighted by Crippen LogP contribution is -2.60. The number of rotatable bonds is 25. The van der Waals surface area contributed by atoms with Gasteiger partial charge in [-0.3, -0.25) is 14.4 Å². The van der Waals surface area contributed by atoms with Gasteiger partial charge >= 0.3 is 35.8 Å². The summed E-state index contributed by atoms with van der Waals surface area (Å²) in [5, 5.41) is 135. The standard InChI is InChI=1S/C61H86O34/c1-8-26-30(34(53(78)81-5)21-86-56(26)93-59-50(75)47(72)44(69)38(16-63)90-59)12-41(66)84-19-25(15-62)29-11-37(89-43(68)14-32-28(10-3)58(88-23-36(32)55(80)83-7)95-61-52(77)49(74)46(71)40(18-65)92-61)24(4)33(29)20-85-42(67)13-31-27(9-2)57(87-22-35(31)54(79)82-6)94-60-51(76)48(73)45(70)39(17-64)91-60/h8-10,21-25,29-33,37-40,44-52,56-65,69-77H,11-20H2,1-7H3/b26-8+,27-9+,28-10+/t24-,25-,29+,30+,31+,32+,33-,37-,38-,39-,40-,44-,45-,46-,47+,48+,49+,50-,51-,52-,56+,57+,58+,59+,60+,61+/m1/s1. The Morgan fingerprint density at radius 2 is 0.832 bits per heavy atom. The van der Waals surface area contributed by atoms with E-state index in [1.54, 1.807) is 6.92 Å². The fourth-order valence-electron chi connectivity index (χ4n) is 12.6. The second-order valence-corrected chi connectivity index (χ2v) is 23.5. The normalized spacial score (nSPS) is 38.8. The quantitative estimate of drug-likeness (QED) is 0.0232. The first-order valence-corrected chi connectivity index (χ1v) is 30.6. The van der Waals surface area contributed by atoms with Gasteiger partial charge in [-0.1, -0.05) is 25.2 Å². The first kappa shape index (κ1) is 76.3. The monoisotopic (exact) mass is 1360 g/mol. The predicted molar refractivity (Wildman–Crippen MR) is 308 cm³/mol. The Morgan fingerprint density at radius 1 is 0.495 bits per heavy atom. The van der Waals surface area contributed by atoms with E-state index in [0.717, 1.165) is 40.1 Å². The van der Waals surface area contributed by atoms with E-state index in [1.165, 1.54) is 39.0 Å². The van der Waals surface area contributed by atoms with E-state index < -0.39 is 253 Å². The first-order valence-electron chi connectivity index (χ1n) is 30.6. The van der Waals surface area contributed by atoms with Crippen molar-refractivity contribution in [3.8, 4) is 0 Å². The molecule has 13 N–H and O–H groups in total. The molecule has 0 amide bonds. The summed E-state index contributed by atoms with van der Waals surface area (Å²) in [7, 11) is 3.22. The van der Waals surface area contributed by atoms with Crippen LogP contribution in [-0.2, 0) is 99.8 Å². The minimum atomic E-state index is -1.88. The molecule has 95 heavy (non-hydrogen) atoms. The van der Waals surface area contributed by atoms with E-state index in [4.69, 9.17) is 71.1 Å². The number of aliphatic hydroxyl groups excluding tert-OH is 13. The van der Waals surface area contributed by atoms with Gasteiger partial charge in [0, 0.05) is 52.9 Å². The van der Waals surface area contributed by atoms with Crippen molar-refractivity contribution in [1.82, 2.24) is 0 Å². The van der Waals surface area contributed by atoms with E-state index >= 15 is 0 Å². The maximum Gasteiger partial charge on any atom is 0.337 e. The summed E-state index contributed by atoms with van der Waals surface area (Å²) in [6.45, 7) is 2.07. The number of hydrogen-bond donors (Lipinski definition) is 13. The number of carbonyl (C=O) groups excluding carboxylic acids is 6. The Morgan fingerprint density at radius 3 is 1.15 bits per heavy atom. The lowest BCUT2D eigenvalue weighted by molar-refractivity contribution is -0.327. The molecule has 0 radical (unpaired) electrons. The topological polar surface area (TPSA) is 504 Å². The van der Waals surface area contributed by atoms with Crippen molar-refractivity contribution in [1.29, 1.82) is 0 Å². The molecule has 0 unspecified atom stereocenters. The number of ether oxygens (including phenoxy) is 15. The lowest BCUT2D eigenvalue weighted by Gasteiger charge is -2.42. The molecule has 0 spiro atoms. The second-order valence-electron chi connectivity index (χ2n) is 23.5. The zero-order valence-electron chi connectivity index (χ0n) is 52.9. The van der Waals surface area contributed by atoms with Crippen LogP contribution in [0, 0.1) is 41.4 Å². The minimum Gasteiger partial charge on any atom is -0.468 e. The molecular formula is C61H86O34. The van der Waals surface area contributed by atoms with Gasteiger partial charge in [0.1, 0.15) is 79.4 Å². The van der Waals surface area contributed by atoms with Gasteiger partial charge in [0.15, 0.2) is 18.9 Å². The molecule has 34 nitrogen and oxygen atoms in total. The van der Waals surface area contributed by atoms with Gasteiger partial charge in [-0.25, -0.2) is 14.4 Å². The van der Waals surface area contributed by atoms with Crippen LogP contribution in [0.25, 0.3) is 0 Å². The predicted octanol–water partition coefficient (Wildman–Crippen LogP) is -4.59. The average Bonchev–Trinajstić information content (AvgIpc) is 1.09. The average molecular weight is 1360 g/mol. The summed E-state index contributed by atoms with van der Waals surface area (Å²) in [5.41, 5.74) is -0.281. The van der Waals surface area contributed by atoms with Gasteiger partial charge in [-0.05, 0) is 39.0 Å². The third-order valence-electron chi connectivity index (χ3n) is 18.1. The van der Waals surface area contributed by atoms with Crippen molar-refractivity contribution < 1.29 is 166 Å². The highest BCUT2D eigenvalue weighted by Gasteiger charge is 2.52. The Bertz CT molecular complexity index is 2850. The number of hydrogen-bond acceptors (Lipinski definition) is 34. The van der Waals surface area contributed by atoms with Crippen LogP contribution in [0.5, 0.6) is 0 Å². The molecule has 26 atom stereocenters. The largest absolute Gasteiger partial charge is 0.468 e. The summed E-state index contributed by atoms with van der Waals surface area (Å²) in [5.74, 6) is -12.8. The molecule has 6 aliphatic heterocycles. The van der Waals surface area contributed by atoms with E-state index in [2.05, 4.69) is 0 Å². The zero-order chi connectivity index (χ0) is 69.9. The van der Waals surface area contributed by atoms with Crippen LogP contribution in [0.2, 0.25) is 0 Å². The third kappa shape index (κ3) is 17.1. The summed E-state index contributed by atoms with van der Waals surface area (Å²) < 4.78 is 84.2.